The van der Waals surface area contributed by atoms with Gasteiger partial charge in [0.2, 0.25) is 11.8 Å². The average molecular weight is 610 g/mol. The number of nitrogens with zero attached hydrogens (tertiary/aromatic N) is 1. The highest BCUT2D eigenvalue weighted by Crippen LogP contribution is 2.32. The molecule has 9 heteroatoms. The van der Waals surface area contributed by atoms with Gasteiger partial charge in [-0.1, -0.05) is 60.7 Å². The molecular weight excluding hydrogens is 574 g/mol. The van der Waals surface area contributed by atoms with Crippen LogP contribution in [0.1, 0.15) is 40.1 Å². The lowest BCUT2D eigenvalue weighted by Gasteiger charge is -2.42. The van der Waals surface area contributed by atoms with E-state index in [1.807, 2.05) is 47.8 Å². The summed E-state index contributed by atoms with van der Waals surface area (Å²) in [7, 11) is 1.77. The Morgan fingerprint density at radius 3 is 2.50 bits per heavy atom. The lowest BCUT2D eigenvalue weighted by atomic mass is 9.94. The number of likely N-dealkylation sites (N-methyl/N-ethyl adjacent to an activating group) is 1. The van der Waals surface area contributed by atoms with Crippen LogP contribution in [0.3, 0.4) is 0 Å². The molecule has 44 heavy (non-hydrogen) atoms. The SMILES string of the molecule is CN1C(=O)c2cc(NC(=O)Cc3cccs3)ccc2OC[C@@H]2O[C@H](CC(=O)NCc3ccc(-c4ccccc4)cc3)CC[C@@H]21. The highest BCUT2D eigenvalue weighted by molar-refractivity contribution is 7.10. The summed E-state index contributed by atoms with van der Waals surface area (Å²) in [6, 6.07) is 27.1. The van der Waals surface area contributed by atoms with Gasteiger partial charge in [-0.05, 0) is 59.2 Å². The predicted molar refractivity (Wildman–Crippen MR) is 171 cm³/mol. The fraction of sp³-hybridized carbons (Fsp3) is 0.286. The summed E-state index contributed by atoms with van der Waals surface area (Å²) >= 11 is 1.53. The molecule has 2 aliphatic rings. The maximum atomic E-state index is 13.5. The topological polar surface area (TPSA) is 97.0 Å². The largest absolute Gasteiger partial charge is 0.490 e. The standard InChI is InChI=1S/C35H35N3O5S/c1-38-30-15-14-27(19-33(39)36-21-23-9-11-25(12-10-23)24-6-3-2-4-7-24)43-32(30)22-42-31-16-13-26(18-29(31)35(38)41)37-34(40)20-28-8-5-17-44-28/h2-13,16-18,27,30,32H,14-15,19-22H2,1H3,(H,36,39)(H,37,40)/t27-,30-,32-/m0/s1. The molecule has 8 nitrogen and oxygen atoms in total. The van der Waals surface area contributed by atoms with Crippen LogP contribution < -0.4 is 15.4 Å². The van der Waals surface area contributed by atoms with Crippen molar-refractivity contribution in [3.05, 3.63) is 106 Å². The Kier molecular flexibility index (Phi) is 9.04. The van der Waals surface area contributed by atoms with Crippen molar-refractivity contribution in [1.29, 1.82) is 0 Å². The van der Waals surface area contributed by atoms with E-state index in [1.165, 1.54) is 11.3 Å². The van der Waals surface area contributed by atoms with E-state index in [1.54, 1.807) is 30.1 Å². The number of amides is 3. The summed E-state index contributed by atoms with van der Waals surface area (Å²) in [6.45, 7) is 0.700. The van der Waals surface area contributed by atoms with Crippen LogP contribution >= 0.6 is 11.3 Å². The number of anilines is 1. The monoisotopic (exact) mass is 609 g/mol. The molecule has 4 aromatic rings. The lowest BCUT2D eigenvalue weighted by molar-refractivity contribution is -0.134. The number of hydrogen-bond donors (Lipinski definition) is 2. The summed E-state index contributed by atoms with van der Waals surface area (Å²) in [5, 5.41) is 7.84. The van der Waals surface area contributed by atoms with Gasteiger partial charge in [0.05, 0.1) is 30.6 Å². The van der Waals surface area contributed by atoms with E-state index >= 15 is 0 Å². The molecule has 2 N–H and O–H groups in total. The predicted octanol–water partition coefficient (Wildman–Crippen LogP) is 5.68. The van der Waals surface area contributed by atoms with Crippen LogP contribution in [0.2, 0.25) is 0 Å². The van der Waals surface area contributed by atoms with Crippen LogP contribution in [0.15, 0.2) is 90.3 Å². The molecule has 226 valence electrons. The Balaban J connectivity index is 1.03. The molecule has 0 bridgehead atoms. The minimum atomic E-state index is -0.362. The first-order chi connectivity index (χ1) is 21.4. The van der Waals surface area contributed by atoms with Crippen molar-refractivity contribution < 1.29 is 23.9 Å². The van der Waals surface area contributed by atoms with Gasteiger partial charge in [-0.3, -0.25) is 14.4 Å². The number of carbonyl (C=O) groups is 3. The smallest absolute Gasteiger partial charge is 0.257 e. The van der Waals surface area contributed by atoms with E-state index in [2.05, 4.69) is 34.9 Å². The number of carbonyl (C=O) groups excluding carboxylic acids is 3. The maximum Gasteiger partial charge on any atom is 0.257 e. The van der Waals surface area contributed by atoms with Gasteiger partial charge in [-0.15, -0.1) is 11.3 Å². The molecule has 0 saturated carbocycles. The maximum absolute atomic E-state index is 13.5. The van der Waals surface area contributed by atoms with Crippen molar-refractivity contribution in [2.24, 2.45) is 0 Å². The van der Waals surface area contributed by atoms with Crippen LogP contribution in [0.4, 0.5) is 5.69 Å². The van der Waals surface area contributed by atoms with E-state index in [9.17, 15) is 14.4 Å². The zero-order valence-electron chi connectivity index (χ0n) is 24.5. The molecule has 3 heterocycles. The molecule has 3 atom stereocenters. The van der Waals surface area contributed by atoms with Crippen molar-refractivity contribution in [3.8, 4) is 16.9 Å². The Morgan fingerprint density at radius 2 is 1.73 bits per heavy atom. The summed E-state index contributed by atoms with van der Waals surface area (Å²) in [6.07, 6.45) is 1.25. The minimum absolute atomic E-state index is 0.0734. The van der Waals surface area contributed by atoms with Gasteiger partial charge in [0.25, 0.3) is 5.91 Å². The quantitative estimate of drug-likeness (QED) is 0.268. The first kappa shape index (κ1) is 29.6. The Bertz CT molecular complexity index is 1610. The molecule has 1 fully saturated rings. The van der Waals surface area contributed by atoms with Crippen LogP contribution in [-0.2, 0) is 27.3 Å². The van der Waals surface area contributed by atoms with Crippen molar-refractivity contribution in [2.45, 2.75) is 50.5 Å². The van der Waals surface area contributed by atoms with Crippen LogP contribution in [0.5, 0.6) is 5.75 Å². The number of thiophene rings is 1. The Hall–Kier alpha value is -4.47. The van der Waals surface area contributed by atoms with Gasteiger partial charge in [0.1, 0.15) is 18.5 Å². The van der Waals surface area contributed by atoms with E-state index in [0.717, 1.165) is 21.6 Å². The third-order valence-corrected chi connectivity index (χ3v) is 9.05. The second-order valence-corrected chi connectivity index (χ2v) is 12.3. The summed E-state index contributed by atoms with van der Waals surface area (Å²) < 4.78 is 12.4. The van der Waals surface area contributed by atoms with Crippen LogP contribution in [0, 0.1) is 0 Å². The van der Waals surface area contributed by atoms with Gasteiger partial charge in [0.15, 0.2) is 0 Å². The van der Waals surface area contributed by atoms with Crippen molar-refractivity contribution in [2.75, 3.05) is 19.0 Å². The summed E-state index contributed by atoms with van der Waals surface area (Å²) in [5.41, 5.74) is 4.27. The van der Waals surface area contributed by atoms with Crippen molar-refractivity contribution in [3.63, 3.8) is 0 Å². The molecule has 0 spiro atoms. The molecule has 0 radical (unpaired) electrons. The molecule has 1 aromatic heterocycles. The first-order valence-corrected chi connectivity index (χ1v) is 15.7. The molecule has 2 aliphatic heterocycles. The van der Waals surface area contributed by atoms with E-state index in [4.69, 9.17) is 9.47 Å². The van der Waals surface area contributed by atoms with E-state index in [-0.39, 0.29) is 55.4 Å². The molecule has 6 rings (SSSR count). The van der Waals surface area contributed by atoms with E-state index in [0.29, 0.717) is 36.4 Å². The van der Waals surface area contributed by atoms with Gasteiger partial charge in [-0.25, -0.2) is 0 Å². The lowest BCUT2D eigenvalue weighted by Crippen LogP contribution is -2.53. The number of hydrogen-bond acceptors (Lipinski definition) is 6. The number of nitrogens with one attached hydrogen (secondary N) is 2. The fourth-order valence-corrected chi connectivity index (χ4v) is 6.51. The van der Waals surface area contributed by atoms with E-state index < -0.39 is 0 Å². The van der Waals surface area contributed by atoms with Crippen molar-refractivity contribution >= 4 is 34.7 Å². The van der Waals surface area contributed by atoms with Crippen molar-refractivity contribution in [1.82, 2.24) is 10.2 Å². The number of rotatable bonds is 8. The third-order valence-electron chi connectivity index (χ3n) is 8.17. The molecular formula is C35H35N3O5S. The highest BCUT2D eigenvalue weighted by atomic mass is 32.1. The Labute approximate surface area is 261 Å². The number of benzene rings is 3. The first-order valence-electron chi connectivity index (χ1n) is 14.9. The minimum Gasteiger partial charge on any atom is -0.490 e. The van der Waals surface area contributed by atoms with Gasteiger partial charge >= 0.3 is 0 Å². The second-order valence-electron chi connectivity index (χ2n) is 11.2. The zero-order chi connectivity index (χ0) is 30.5. The number of ether oxygens (including phenoxy) is 2. The number of fused-ring (bicyclic) bond motifs is 2. The Morgan fingerprint density at radius 1 is 0.932 bits per heavy atom. The van der Waals surface area contributed by atoms with Gasteiger partial charge < -0.3 is 25.0 Å². The normalized spacial score (nSPS) is 19.5. The summed E-state index contributed by atoms with van der Waals surface area (Å²) in [4.78, 5) is 41.5. The van der Waals surface area contributed by atoms with Crippen LogP contribution in [-0.4, -0.2) is 54.5 Å². The molecule has 1 saturated heterocycles. The molecule has 0 unspecified atom stereocenters. The van der Waals surface area contributed by atoms with Gasteiger partial charge in [-0.2, -0.15) is 0 Å². The second kappa shape index (κ2) is 13.4. The van der Waals surface area contributed by atoms with Gasteiger partial charge in [0, 0.05) is 24.2 Å². The fourth-order valence-electron chi connectivity index (χ4n) is 5.81. The average Bonchev–Trinajstić information content (AvgIpc) is 3.55. The zero-order valence-corrected chi connectivity index (χ0v) is 25.3. The highest BCUT2D eigenvalue weighted by Gasteiger charge is 2.39. The molecule has 3 amide bonds. The summed E-state index contributed by atoms with van der Waals surface area (Å²) in [5.74, 6) is 0.0352. The molecule has 0 aliphatic carbocycles. The van der Waals surface area contributed by atoms with Crippen LogP contribution in [0.25, 0.3) is 11.1 Å². The molecule has 3 aromatic carbocycles. The third kappa shape index (κ3) is 7.01.